The number of benzene rings is 1. The first-order valence-electron chi connectivity index (χ1n) is 5.87. The first-order valence-corrected chi connectivity index (χ1v) is 5.87. The van der Waals surface area contributed by atoms with Crippen molar-refractivity contribution in [3.63, 3.8) is 0 Å². The van der Waals surface area contributed by atoms with Crippen LogP contribution in [0, 0.1) is 13.8 Å². The van der Waals surface area contributed by atoms with Crippen LogP contribution in [0.5, 0.6) is 5.88 Å². The van der Waals surface area contributed by atoms with E-state index in [1.165, 1.54) is 0 Å². The summed E-state index contributed by atoms with van der Waals surface area (Å²) in [6, 6.07) is 7.91. The lowest BCUT2D eigenvalue weighted by Gasteiger charge is -2.06. The summed E-state index contributed by atoms with van der Waals surface area (Å²) in [5.41, 5.74) is 3.84. The first kappa shape index (κ1) is 11.7. The van der Waals surface area contributed by atoms with E-state index in [9.17, 15) is 5.11 Å². The van der Waals surface area contributed by atoms with Gasteiger partial charge in [0.25, 0.3) is 0 Å². The highest BCUT2D eigenvalue weighted by Gasteiger charge is 2.17. The van der Waals surface area contributed by atoms with Crippen LogP contribution >= 0.6 is 0 Å². The van der Waals surface area contributed by atoms with Crippen LogP contribution in [-0.4, -0.2) is 14.9 Å². The molecule has 1 aromatic carbocycles. The van der Waals surface area contributed by atoms with Gasteiger partial charge in [-0.2, -0.15) is 5.10 Å². The van der Waals surface area contributed by atoms with Gasteiger partial charge < -0.3 is 5.11 Å². The highest BCUT2D eigenvalue weighted by atomic mass is 16.3. The lowest BCUT2D eigenvalue weighted by atomic mass is 10.1. The minimum atomic E-state index is 0.239. The Hall–Kier alpha value is -1.77. The molecular formula is C14H18N2O. The van der Waals surface area contributed by atoms with Crippen molar-refractivity contribution in [3.8, 4) is 11.6 Å². The second kappa shape index (κ2) is 4.24. The van der Waals surface area contributed by atoms with E-state index in [-0.39, 0.29) is 5.88 Å². The Labute approximate surface area is 102 Å². The Morgan fingerprint density at radius 3 is 2.35 bits per heavy atom. The molecule has 0 saturated carbocycles. The summed E-state index contributed by atoms with van der Waals surface area (Å²) in [5.74, 6) is 0.550. The lowest BCUT2D eigenvalue weighted by Crippen LogP contribution is -1.99. The van der Waals surface area contributed by atoms with Gasteiger partial charge in [0.1, 0.15) is 0 Å². The highest BCUT2D eigenvalue weighted by molar-refractivity contribution is 5.45. The Bertz CT molecular complexity index is 541. The Kier molecular flexibility index (Phi) is 2.92. The number of hydrogen-bond donors (Lipinski definition) is 1. The summed E-state index contributed by atoms with van der Waals surface area (Å²) < 4.78 is 1.62. The zero-order chi connectivity index (χ0) is 12.6. The van der Waals surface area contributed by atoms with Crippen molar-refractivity contribution in [2.45, 2.75) is 33.6 Å². The standard InChI is InChI=1S/C14H18N2O/c1-9(2)13-11(4)14(17)16(15-13)12-8-6-5-7-10(12)3/h5-9,17H,1-4H3. The smallest absolute Gasteiger partial charge is 0.217 e. The van der Waals surface area contributed by atoms with Gasteiger partial charge in [0, 0.05) is 5.56 Å². The average Bonchev–Trinajstić information content (AvgIpc) is 2.57. The second-order valence-corrected chi connectivity index (χ2v) is 4.69. The number of hydrogen-bond acceptors (Lipinski definition) is 2. The molecule has 0 aliphatic rings. The molecule has 0 unspecified atom stereocenters. The molecule has 0 radical (unpaired) electrons. The molecule has 0 amide bonds. The van der Waals surface area contributed by atoms with Gasteiger partial charge in [0.2, 0.25) is 5.88 Å². The van der Waals surface area contributed by atoms with Gasteiger partial charge in [-0.1, -0.05) is 32.0 Å². The number of rotatable bonds is 2. The normalized spacial score (nSPS) is 11.1. The van der Waals surface area contributed by atoms with E-state index in [2.05, 4.69) is 18.9 Å². The van der Waals surface area contributed by atoms with Gasteiger partial charge >= 0.3 is 0 Å². The van der Waals surface area contributed by atoms with E-state index < -0.39 is 0 Å². The topological polar surface area (TPSA) is 38.0 Å². The molecule has 90 valence electrons. The predicted molar refractivity (Wildman–Crippen MR) is 68.8 cm³/mol. The average molecular weight is 230 g/mol. The Morgan fingerprint density at radius 1 is 1.18 bits per heavy atom. The molecule has 0 fully saturated rings. The van der Waals surface area contributed by atoms with Crippen molar-refractivity contribution < 1.29 is 5.11 Å². The molecule has 2 aromatic rings. The van der Waals surface area contributed by atoms with E-state index >= 15 is 0 Å². The van der Waals surface area contributed by atoms with Crippen LogP contribution in [0.1, 0.15) is 36.6 Å². The Morgan fingerprint density at radius 2 is 1.82 bits per heavy atom. The van der Waals surface area contributed by atoms with Gasteiger partial charge in [0.05, 0.1) is 11.4 Å². The largest absolute Gasteiger partial charge is 0.493 e. The predicted octanol–water partition coefficient (Wildman–Crippen LogP) is 3.32. The van der Waals surface area contributed by atoms with E-state index in [1.807, 2.05) is 38.1 Å². The summed E-state index contributed by atoms with van der Waals surface area (Å²) >= 11 is 0. The molecule has 1 N–H and O–H groups in total. The summed E-state index contributed by atoms with van der Waals surface area (Å²) in [6.07, 6.45) is 0. The SMILES string of the molecule is Cc1ccccc1-n1nc(C(C)C)c(C)c1O. The van der Waals surface area contributed by atoms with Crippen LogP contribution in [0.2, 0.25) is 0 Å². The maximum atomic E-state index is 10.1. The molecule has 0 saturated heterocycles. The molecule has 17 heavy (non-hydrogen) atoms. The van der Waals surface area contributed by atoms with Gasteiger partial charge in [-0.3, -0.25) is 0 Å². The molecule has 0 aliphatic heterocycles. The molecule has 0 spiro atoms. The number of aryl methyl sites for hydroxylation is 1. The molecular weight excluding hydrogens is 212 g/mol. The third kappa shape index (κ3) is 1.93. The van der Waals surface area contributed by atoms with Gasteiger partial charge in [-0.15, -0.1) is 0 Å². The minimum Gasteiger partial charge on any atom is -0.493 e. The van der Waals surface area contributed by atoms with Crippen molar-refractivity contribution in [2.75, 3.05) is 0 Å². The molecule has 3 heteroatoms. The van der Waals surface area contributed by atoms with Gasteiger partial charge in [-0.25, -0.2) is 4.68 Å². The third-order valence-corrected chi connectivity index (χ3v) is 3.02. The zero-order valence-electron chi connectivity index (χ0n) is 10.7. The van der Waals surface area contributed by atoms with Crippen LogP contribution < -0.4 is 0 Å². The fourth-order valence-corrected chi connectivity index (χ4v) is 2.02. The maximum Gasteiger partial charge on any atom is 0.217 e. The van der Waals surface area contributed by atoms with Crippen LogP contribution in [0.4, 0.5) is 0 Å². The molecule has 0 aliphatic carbocycles. The van der Waals surface area contributed by atoms with E-state index in [1.54, 1.807) is 4.68 Å². The van der Waals surface area contributed by atoms with E-state index in [0.717, 1.165) is 22.5 Å². The second-order valence-electron chi connectivity index (χ2n) is 4.69. The fraction of sp³-hybridized carbons (Fsp3) is 0.357. The van der Waals surface area contributed by atoms with Crippen molar-refractivity contribution >= 4 is 0 Å². The van der Waals surface area contributed by atoms with Crippen LogP contribution in [0.25, 0.3) is 5.69 Å². The summed E-state index contributed by atoms with van der Waals surface area (Å²) in [4.78, 5) is 0. The molecule has 3 nitrogen and oxygen atoms in total. The maximum absolute atomic E-state index is 10.1. The van der Waals surface area contributed by atoms with E-state index in [0.29, 0.717) is 5.92 Å². The Balaban J connectivity index is 2.61. The molecule has 1 heterocycles. The van der Waals surface area contributed by atoms with Crippen LogP contribution in [-0.2, 0) is 0 Å². The summed E-state index contributed by atoms with van der Waals surface area (Å²) in [5, 5.41) is 14.7. The van der Waals surface area contributed by atoms with Crippen molar-refractivity contribution in [1.82, 2.24) is 9.78 Å². The van der Waals surface area contributed by atoms with Gasteiger partial charge in [0.15, 0.2) is 0 Å². The zero-order valence-corrected chi connectivity index (χ0v) is 10.7. The van der Waals surface area contributed by atoms with Crippen LogP contribution in [0.15, 0.2) is 24.3 Å². The number of nitrogens with zero attached hydrogens (tertiary/aromatic N) is 2. The van der Waals surface area contributed by atoms with E-state index in [4.69, 9.17) is 0 Å². The van der Waals surface area contributed by atoms with Crippen molar-refractivity contribution in [1.29, 1.82) is 0 Å². The summed E-state index contributed by atoms with van der Waals surface area (Å²) in [7, 11) is 0. The molecule has 0 atom stereocenters. The summed E-state index contributed by atoms with van der Waals surface area (Å²) in [6.45, 7) is 8.08. The number of aromatic nitrogens is 2. The van der Waals surface area contributed by atoms with Crippen molar-refractivity contribution in [2.24, 2.45) is 0 Å². The molecule has 1 aromatic heterocycles. The van der Waals surface area contributed by atoms with Crippen molar-refractivity contribution in [3.05, 3.63) is 41.1 Å². The lowest BCUT2D eigenvalue weighted by molar-refractivity contribution is 0.430. The highest BCUT2D eigenvalue weighted by Crippen LogP contribution is 2.29. The molecule has 0 bridgehead atoms. The fourth-order valence-electron chi connectivity index (χ4n) is 2.02. The van der Waals surface area contributed by atoms with Crippen LogP contribution in [0.3, 0.4) is 0 Å². The first-order chi connectivity index (χ1) is 8.02. The number of para-hydroxylation sites is 1. The third-order valence-electron chi connectivity index (χ3n) is 3.02. The van der Waals surface area contributed by atoms with Gasteiger partial charge in [-0.05, 0) is 31.4 Å². The minimum absolute atomic E-state index is 0.239. The quantitative estimate of drug-likeness (QED) is 0.859. The monoisotopic (exact) mass is 230 g/mol. The number of aromatic hydroxyl groups is 1. The molecule has 2 rings (SSSR count).